The number of nitrogens with two attached hydrogens (primary N) is 2. The number of nitrogens with one attached hydrogen (secondary N) is 1. The van der Waals surface area contributed by atoms with Gasteiger partial charge in [-0.2, -0.15) is 0 Å². The SMILES string of the molecule is CCC(C)(CC)Nc1c(N)cccc1C(N)=O. The highest BCUT2D eigenvalue weighted by Gasteiger charge is 2.22. The molecule has 1 aromatic carbocycles. The molecule has 17 heavy (non-hydrogen) atoms. The van der Waals surface area contributed by atoms with Crippen molar-refractivity contribution in [2.75, 3.05) is 11.1 Å². The number of nitrogen functional groups attached to an aromatic ring is 1. The van der Waals surface area contributed by atoms with Crippen molar-refractivity contribution in [1.82, 2.24) is 0 Å². The average molecular weight is 235 g/mol. The molecule has 1 amide bonds. The van der Waals surface area contributed by atoms with Crippen LogP contribution in [0.3, 0.4) is 0 Å². The van der Waals surface area contributed by atoms with Crippen LogP contribution < -0.4 is 16.8 Å². The molecule has 0 fully saturated rings. The summed E-state index contributed by atoms with van der Waals surface area (Å²) in [6.45, 7) is 6.29. The zero-order chi connectivity index (χ0) is 13.1. The highest BCUT2D eigenvalue weighted by atomic mass is 16.1. The van der Waals surface area contributed by atoms with E-state index in [0.29, 0.717) is 16.9 Å². The Balaban J connectivity index is 3.17. The van der Waals surface area contributed by atoms with Gasteiger partial charge in [0.15, 0.2) is 0 Å². The van der Waals surface area contributed by atoms with Crippen molar-refractivity contribution in [3.63, 3.8) is 0 Å². The van der Waals surface area contributed by atoms with Gasteiger partial charge in [0.1, 0.15) is 0 Å². The molecule has 1 rings (SSSR count). The molecular weight excluding hydrogens is 214 g/mol. The van der Waals surface area contributed by atoms with Gasteiger partial charge in [0, 0.05) is 5.54 Å². The van der Waals surface area contributed by atoms with Crippen molar-refractivity contribution in [1.29, 1.82) is 0 Å². The van der Waals surface area contributed by atoms with Crippen LogP contribution in [0.2, 0.25) is 0 Å². The van der Waals surface area contributed by atoms with E-state index < -0.39 is 5.91 Å². The molecule has 5 N–H and O–H groups in total. The Morgan fingerprint density at radius 3 is 2.41 bits per heavy atom. The van der Waals surface area contributed by atoms with Crippen molar-refractivity contribution < 1.29 is 4.79 Å². The van der Waals surface area contributed by atoms with Crippen LogP contribution in [0.4, 0.5) is 11.4 Å². The Labute approximate surface area is 102 Å². The normalized spacial score (nSPS) is 11.2. The highest BCUT2D eigenvalue weighted by molar-refractivity contribution is 6.01. The van der Waals surface area contributed by atoms with Gasteiger partial charge in [0.05, 0.1) is 16.9 Å². The number of para-hydroxylation sites is 1. The number of anilines is 2. The maximum Gasteiger partial charge on any atom is 0.250 e. The lowest BCUT2D eigenvalue weighted by molar-refractivity contribution is 0.100. The van der Waals surface area contributed by atoms with Crippen LogP contribution in [0.1, 0.15) is 44.0 Å². The molecule has 0 spiro atoms. The smallest absolute Gasteiger partial charge is 0.250 e. The molecule has 0 aliphatic carbocycles. The summed E-state index contributed by atoms with van der Waals surface area (Å²) in [5, 5.41) is 3.35. The van der Waals surface area contributed by atoms with E-state index in [1.54, 1.807) is 18.2 Å². The number of carbonyl (C=O) groups is 1. The summed E-state index contributed by atoms with van der Waals surface area (Å²) < 4.78 is 0. The molecule has 4 heteroatoms. The predicted molar refractivity (Wildman–Crippen MR) is 72.0 cm³/mol. The molecule has 1 aromatic rings. The lowest BCUT2D eigenvalue weighted by atomic mass is 9.94. The van der Waals surface area contributed by atoms with E-state index >= 15 is 0 Å². The third-order valence-corrected chi connectivity index (χ3v) is 3.35. The molecule has 0 saturated heterocycles. The van der Waals surface area contributed by atoms with E-state index in [9.17, 15) is 4.79 Å². The van der Waals surface area contributed by atoms with Gasteiger partial charge in [0.2, 0.25) is 0 Å². The topological polar surface area (TPSA) is 81.1 Å². The van der Waals surface area contributed by atoms with Crippen LogP contribution in [-0.4, -0.2) is 11.4 Å². The summed E-state index contributed by atoms with van der Waals surface area (Å²) >= 11 is 0. The molecule has 4 nitrogen and oxygen atoms in total. The number of carbonyl (C=O) groups excluding carboxylic acids is 1. The largest absolute Gasteiger partial charge is 0.397 e. The van der Waals surface area contributed by atoms with Gasteiger partial charge in [0.25, 0.3) is 5.91 Å². The summed E-state index contributed by atoms with van der Waals surface area (Å²) in [7, 11) is 0. The predicted octanol–water partition coefficient (Wildman–Crippen LogP) is 2.36. The maximum atomic E-state index is 11.4. The van der Waals surface area contributed by atoms with E-state index in [0.717, 1.165) is 12.8 Å². The Morgan fingerprint density at radius 1 is 1.35 bits per heavy atom. The minimum atomic E-state index is -0.464. The maximum absolute atomic E-state index is 11.4. The third kappa shape index (κ3) is 2.90. The summed E-state index contributed by atoms with van der Waals surface area (Å²) in [6, 6.07) is 5.18. The lowest BCUT2D eigenvalue weighted by Crippen LogP contribution is -2.34. The first kappa shape index (κ1) is 13.4. The van der Waals surface area contributed by atoms with Crippen molar-refractivity contribution in [3.8, 4) is 0 Å². The van der Waals surface area contributed by atoms with Gasteiger partial charge >= 0.3 is 0 Å². The van der Waals surface area contributed by atoms with Crippen LogP contribution in [0.25, 0.3) is 0 Å². The van der Waals surface area contributed by atoms with Crippen LogP contribution in [0, 0.1) is 0 Å². The van der Waals surface area contributed by atoms with E-state index in [4.69, 9.17) is 11.5 Å². The second-order valence-electron chi connectivity index (χ2n) is 4.53. The number of primary amides is 1. The van der Waals surface area contributed by atoms with Crippen molar-refractivity contribution in [2.45, 2.75) is 39.2 Å². The number of hydrogen-bond acceptors (Lipinski definition) is 3. The molecule has 0 atom stereocenters. The first-order valence-corrected chi connectivity index (χ1v) is 5.90. The van der Waals surface area contributed by atoms with Gasteiger partial charge in [-0.25, -0.2) is 0 Å². The third-order valence-electron chi connectivity index (χ3n) is 3.35. The molecule has 0 bridgehead atoms. The highest BCUT2D eigenvalue weighted by Crippen LogP contribution is 2.29. The molecule has 94 valence electrons. The van der Waals surface area contributed by atoms with Crippen LogP contribution in [-0.2, 0) is 0 Å². The molecule has 0 unspecified atom stereocenters. The molecule has 0 radical (unpaired) electrons. The standard InChI is InChI=1S/C13H21N3O/c1-4-13(3,5-2)16-11-9(12(15)17)7-6-8-10(11)14/h6-8,16H,4-5,14H2,1-3H3,(H2,15,17). The second kappa shape index (κ2) is 5.08. The van der Waals surface area contributed by atoms with Crippen LogP contribution in [0.15, 0.2) is 18.2 Å². The number of rotatable bonds is 5. The number of benzene rings is 1. The monoisotopic (exact) mass is 235 g/mol. The molecule has 0 aliphatic rings. The Hall–Kier alpha value is -1.71. The van der Waals surface area contributed by atoms with Crippen molar-refractivity contribution >= 4 is 17.3 Å². The molecule has 0 heterocycles. The number of amides is 1. The minimum absolute atomic E-state index is 0.0837. The second-order valence-corrected chi connectivity index (χ2v) is 4.53. The van der Waals surface area contributed by atoms with E-state index in [-0.39, 0.29) is 5.54 Å². The minimum Gasteiger partial charge on any atom is -0.397 e. The zero-order valence-electron chi connectivity index (χ0n) is 10.7. The molecule has 0 aromatic heterocycles. The lowest BCUT2D eigenvalue weighted by Gasteiger charge is -2.31. The summed E-state index contributed by atoms with van der Waals surface area (Å²) in [6.07, 6.45) is 1.88. The number of hydrogen-bond donors (Lipinski definition) is 3. The summed E-state index contributed by atoms with van der Waals surface area (Å²) in [5.74, 6) is -0.464. The Morgan fingerprint density at radius 2 is 1.94 bits per heavy atom. The zero-order valence-corrected chi connectivity index (χ0v) is 10.7. The first-order valence-electron chi connectivity index (χ1n) is 5.90. The van der Waals surface area contributed by atoms with E-state index in [1.165, 1.54) is 0 Å². The molecule has 0 saturated carbocycles. The van der Waals surface area contributed by atoms with Crippen LogP contribution in [0.5, 0.6) is 0 Å². The van der Waals surface area contributed by atoms with Gasteiger partial charge in [-0.3, -0.25) is 4.79 Å². The Bertz CT molecular complexity index is 411. The summed E-state index contributed by atoms with van der Waals surface area (Å²) in [4.78, 5) is 11.4. The fraction of sp³-hybridized carbons (Fsp3) is 0.462. The quantitative estimate of drug-likeness (QED) is 0.685. The Kier molecular flexibility index (Phi) is 3.99. The summed E-state index contributed by atoms with van der Waals surface area (Å²) in [5.41, 5.74) is 12.8. The molecule has 0 aliphatic heterocycles. The van der Waals surface area contributed by atoms with Gasteiger partial charge in [-0.1, -0.05) is 19.9 Å². The fourth-order valence-corrected chi connectivity index (χ4v) is 1.64. The van der Waals surface area contributed by atoms with Gasteiger partial charge in [-0.05, 0) is 31.9 Å². The van der Waals surface area contributed by atoms with Crippen LogP contribution >= 0.6 is 0 Å². The van der Waals surface area contributed by atoms with Gasteiger partial charge < -0.3 is 16.8 Å². The van der Waals surface area contributed by atoms with Crippen molar-refractivity contribution in [2.24, 2.45) is 5.73 Å². The molecular formula is C13H21N3O. The van der Waals surface area contributed by atoms with E-state index in [2.05, 4.69) is 26.1 Å². The van der Waals surface area contributed by atoms with E-state index in [1.807, 2.05) is 0 Å². The van der Waals surface area contributed by atoms with Crippen molar-refractivity contribution in [3.05, 3.63) is 23.8 Å². The fourth-order valence-electron chi connectivity index (χ4n) is 1.64. The van der Waals surface area contributed by atoms with Gasteiger partial charge in [-0.15, -0.1) is 0 Å². The average Bonchev–Trinajstić information content (AvgIpc) is 2.31. The first-order chi connectivity index (χ1) is 7.93.